The van der Waals surface area contributed by atoms with Crippen molar-refractivity contribution >= 4 is 44.1 Å². The molecule has 176 valence electrons. The average molecular weight is 488 g/mol. The Morgan fingerprint density at radius 3 is 2.46 bits per heavy atom. The van der Waals surface area contributed by atoms with Crippen LogP contribution in [0.4, 0.5) is 9.52 Å². The number of fused-ring (bicyclic) bond motifs is 1. The number of aromatic nitrogens is 2. The van der Waals surface area contributed by atoms with Gasteiger partial charge in [0.05, 0.1) is 21.5 Å². The third kappa shape index (κ3) is 4.00. The first-order valence-corrected chi connectivity index (χ1v) is 11.9. The highest BCUT2D eigenvalue weighted by Crippen LogP contribution is 2.44. The Balaban J connectivity index is 1.69. The van der Waals surface area contributed by atoms with Crippen LogP contribution in [-0.4, -0.2) is 26.8 Å². The summed E-state index contributed by atoms with van der Waals surface area (Å²) in [5.74, 6) is -2.53. The summed E-state index contributed by atoms with van der Waals surface area (Å²) in [5, 5.41) is 11.4. The van der Waals surface area contributed by atoms with Gasteiger partial charge < -0.3 is 5.11 Å². The molecule has 4 aromatic rings. The van der Waals surface area contributed by atoms with Gasteiger partial charge in [0.1, 0.15) is 17.6 Å². The van der Waals surface area contributed by atoms with Gasteiger partial charge in [0, 0.05) is 11.8 Å². The van der Waals surface area contributed by atoms with Gasteiger partial charge in [0.25, 0.3) is 5.78 Å². The number of rotatable bonds is 3. The monoisotopic (exact) mass is 487 g/mol. The van der Waals surface area contributed by atoms with Crippen LogP contribution in [0.5, 0.6) is 0 Å². The zero-order chi connectivity index (χ0) is 24.9. The minimum atomic E-state index is -0.982. The number of carbonyl (C=O) groups is 2. The lowest BCUT2D eigenvalue weighted by Gasteiger charge is -2.21. The van der Waals surface area contributed by atoms with Gasteiger partial charge in [-0.05, 0) is 59.5 Å². The number of anilines is 1. The van der Waals surface area contributed by atoms with E-state index in [0.29, 0.717) is 16.3 Å². The average Bonchev–Trinajstić information content (AvgIpc) is 3.37. The van der Waals surface area contributed by atoms with Gasteiger partial charge in [0.15, 0.2) is 5.13 Å². The van der Waals surface area contributed by atoms with Crippen molar-refractivity contribution in [3.63, 3.8) is 0 Å². The molecule has 0 saturated carbocycles. The van der Waals surface area contributed by atoms with Gasteiger partial charge in [-0.25, -0.2) is 9.37 Å². The first-order chi connectivity index (χ1) is 16.6. The van der Waals surface area contributed by atoms with E-state index in [9.17, 15) is 19.1 Å². The molecule has 1 N–H and O–H groups in total. The molecule has 0 radical (unpaired) electrons. The molecule has 6 nitrogen and oxygen atoms in total. The maximum Gasteiger partial charge on any atom is 0.301 e. The fourth-order valence-electron chi connectivity index (χ4n) is 4.09. The molecule has 8 heteroatoms. The molecule has 5 rings (SSSR count). The third-order valence-corrected chi connectivity index (χ3v) is 7.00. The van der Waals surface area contributed by atoms with Gasteiger partial charge in [-0.2, -0.15) is 0 Å². The van der Waals surface area contributed by atoms with Crippen LogP contribution in [0.25, 0.3) is 16.0 Å². The second kappa shape index (κ2) is 8.39. The number of carbonyl (C=O) groups excluding carboxylic acids is 2. The third-order valence-electron chi connectivity index (χ3n) is 5.98. The summed E-state index contributed by atoms with van der Waals surface area (Å²) in [6.45, 7) is 6.35. The number of ketones is 1. The number of nitrogens with zero attached hydrogens (tertiary/aromatic N) is 3. The van der Waals surface area contributed by atoms with Crippen LogP contribution in [0, 0.1) is 5.82 Å². The predicted octanol–water partition coefficient (Wildman–Crippen LogP) is 5.75. The lowest BCUT2D eigenvalue weighted by atomic mass is 9.87. The molecule has 1 aliphatic rings. The van der Waals surface area contributed by atoms with Gasteiger partial charge in [0.2, 0.25) is 0 Å². The highest BCUT2D eigenvalue weighted by molar-refractivity contribution is 7.22. The van der Waals surface area contributed by atoms with E-state index in [-0.39, 0.29) is 16.6 Å². The van der Waals surface area contributed by atoms with Crippen molar-refractivity contribution in [2.24, 2.45) is 0 Å². The van der Waals surface area contributed by atoms with Crippen molar-refractivity contribution < 1.29 is 19.1 Å². The van der Waals surface area contributed by atoms with Crippen molar-refractivity contribution in [2.75, 3.05) is 4.90 Å². The van der Waals surface area contributed by atoms with Gasteiger partial charge in [-0.15, -0.1) is 0 Å². The number of aliphatic hydroxyl groups excluding tert-OH is 1. The lowest BCUT2D eigenvalue weighted by Crippen LogP contribution is -2.29. The Morgan fingerprint density at radius 2 is 1.80 bits per heavy atom. The van der Waals surface area contributed by atoms with E-state index < -0.39 is 29.3 Å². The summed E-state index contributed by atoms with van der Waals surface area (Å²) in [4.78, 5) is 36.8. The summed E-state index contributed by atoms with van der Waals surface area (Å²) in [7, 11) is 0. The molecule has 1 fully saturated rings. The van der Waals surface area contributed by atoms with E-state index in [1.54, 1.807) is 24.4 Å². The highest BCUT2D eigenvalue weighted by atomic mass is 32.1. The van der Waals surface area contributed by atoms with Crippen LogP contribution in [0.1, 0.15) is 43.6 Å². The number of hydrogen-bond acceptors (Lipinski definition) is 6. The molecule has 2 aromatic heterocycles. The second-order valence-corrected chi connectivity index (χ2v) is 10.4. The SMILES string of the molecule is CC(C)(C)c1ccc2nc(N3C(=O)C(=O)/C(=C(/O)c4ccc(F)cc4)C3c3ccccn3)sc2c1. The molecule has 3 heterocycles. The van der Waals surface area contributed by atoms with E-state index in [4.69, 9.17) is 0 Å². The van der Waals surface area contributed by atoms with E-state index in [0.717, 1.165) is 10.3 Å². The zero-order valence-electron chi connectivity index (χ0n) is 19.3. The van der Waals surface area contributed by atoms with Crippen molar-refractivity contribution in [1.82, 2.24) is 9.97 Å². The number of benzene rings is 2. The number of thiazole rings is 1. The molecule has 1 aliphatic heterocycles. The standard InChI is InChI=1S/C27H22FN3O3S/c1-27(2,3)16-9-12-18-20(14-16)35-26(30-18)31-22(19-6-4-5-13-29-19)21(24(33)25(31)34)23(32)15-7-10-17(28)11-8-15/h4-14,22,32H,1-3H3/b23-21+. The fraction of sp³-hybridized carbons (Fsp3) is 0.185. The van der Waals surface area contributed by atoms with Gasteiger partial charge in [-0.3, -0.25) is 19.5 Å². The van der Waals surface area contributed by atoms with Crippen LogP contribution >= 0.6 is 11.3 Å². The Bertz CT molecular complexity index is 1490. The number of aliphatic hydroxyl groups is 1. The number of pyridine rings is 1. The van der Waals surface area contributed by atoms with Crippen molar-refractivity contribution in [2.45, 2.75) is 32.2 Å². The van der Waals surface area contributed by atoms with E-state index in [2.05, 4.69) is 30.7 Å². The highest BCUT2D eigenvalue weighted by Gasteiger charge is 2.48. The molecule has 0 bridgehead atoms. The zero-order valence-corrected chi connectivity index (χ0v) is 20.1. The van der Waals surface area contributed by atoms with E-state index in [1.807, 2.05) is 18.2 Å². The molecule has 0 spiro atoms. The molecule has 2 aromatic carbocycles. The van der Waals surface area contributed by atoms with Crippen LogP contribution < -0.4 is 4.90 Å². The topological polar surface area (TPSA) is 83.4 Å². The van der Waals surface area contributed by atoms with Crippen molar-refractivity contribution in [1.29, 1.82) is 0 Å². The number of amides is 1. The molecular formula is C27H22FN3O3S. The smallest absolute Gasteiger partial charge is 0.301 e. The molecule has 1 amide bonds. The summed E-state index contributed by atoms with van der Waals surface area (Å²) >= 11 is 1.30. The number of halogens is 1. The second-order valence-electron chi connectivity index (χ2n) is 9.36. The largest absolute Gasteiger partial charge is 0.507 e. The normalized spacial score (nSPS) is 17.9. The van der Waals surface area contributed by atoms with Crippen molar-refractivity contribution in [3.8, 4) is 0 Å². The minimum absolute atomic E-state index is 0.0644. The van der Waals surface area contributed by atoms with Gasteiger partial charge >= 0.3 is 5.91 Å². The predicted molar refractivity (Wildman–Crippen MR) is 134 cm³/mol. The first-order valence-electron chi connectivity index (χ1n) is 11.0. The van der Waals surface area contributed by atoms with Crippen LogP contribution in [0.2, 0.25) is 0 Å². The number of hydrogen-bond donors (Lipinski definition) is 1. The van der Waals surface area contributed by atoms with Gasteiger partial charge in [-0.1, -0.05) is 44.2 Å². The Morgan fingerprint density at radius 1 is 1.06 bits per heavy atom. The Hall–Kier alpha value is -3.91. The summed E-state index contributed by atoms with van der Waals surface area (Å²) < 4.78 is 14.3. The summed E-state index contributed by atoms with van der Waals surface area (Å²) in [6, 6.07) is 15.2. The van der Waals surface area contributed by atoms with Crippen LogP contribution in [0.15, 0.2) is 72.4 Å². The summed E-state index contributed by atoms with van der Waals surface area (Å²) in [5.41, 5.74) is 2.29. The van der Waals surface area contributed by atoms with Crippen molar-refractivity contribution in [3.05, 3.63) is 95.1 Å². The van der Waals surface area contributed by atoms with E-state index in [1.165, 1.54) is 40.5 Å². The van der Waals surface area contributed by atoms with Crippen LogP contribution in [-0.2, 0) is 15.0 Å². The van der Waals surface area contributed by atoms with E-state index >= 15 is 0 Å². The lowest BCUT2D eigenvalue weighted by molar-refractivity contribution is -0.132. The Kier molecular flexibility index (Phi) is 5.48. The summed E-state index contributed by atoms with van der Waals surface area (Å²) in [6.07, 6.45) is 1.56. The quantitative estimate of drug-likeness (QED) is 0.226. The molecule has 35 heavy (non-hydrogen) atoms. The maximum atomic E-state index is 13.5. The minimum Gasteiger partial charge on any atom is -0.507 e. The maximum absolute atomic E-state index is 13.5. The number of Topliss-reactive ketones (excluding diaryl/α,β-unsaturated/α-hetero) is 1. The molecular weight excluding hydrogens is 465 g/mol. The molecule has 0 aliphatic carbocycles. The van der Waals surface area contributed by atoms with Crippen LogP contribution in [0.3, 0.4) is 0 Å². The molecule has 1 saturated heterocycles. The Labute approximate surface area is 205 Å². The fourth-order valence-corrected chi connectivity index (χ4v) is 5.12. The molecule has 1 atom stereocenters. The molecule has 1 unspecified atom stereocenters. The first kappa shape index (κ1) is 22.9.